The SMILES string of the molecule is O=C(CNC(=O)c1cccc(Cl)c1)NC1CCCC1CO. The highest BCUT2D eigenvalue weighted by Gasteiger charge is 2.27. The Balaban J connectivity index is 1.80. The molecule has 0 saturated heterocycles. The molecule has 1 aromatic carbocycles. The van der Waals surface area contributed by atoms with Gasteiger partial charge in [-0.1, -0.05) is 24.1 Å². The second kappa shape index (κ2) is 7.43. The van der Waals surface area contributed by atoms with Crippen LogP contribution in [0.3, 0.4) is 0 Å². The first-order valence-corrected chi connectivity index (χ1v) is 7.42. The third-order valence-electron chi connectivity index (χ3n) is 3.74. The molecule has 1 aliphatic rings. The first-order chi connectivity index (χ1) is 10.1. The van der Waals surface area contributed by atoms with Crippen molar-refractivity contribution in [1.29, 1.82) is 0 Å². The number of hydrogen-bond donors (Lipinski definition) is 3. The molecule has 2 atom stereocenters. The number of aliphatic hydroxyl groups excluding tert-OH is 1. The van der Waals surface area contributed by atoms with Gasteiger partial charge < -0.3 is 15.7 Å². The number of hydrogen-bond acceptors (Lipinski definition) is 3. The summed E-state index contributed by atoms with van der Waals surface area (Å²) in [4.78, 5) is 23.7. The summed E-state index contributed by atoms with van der Waals surface area (Å²) in [6.07, 6.45) is 2.81. The van der Waals surface area contributed by atoms with Crippen LogP contribution in [0.2, 0.25) is 5.02 Å². The van der Waals surface area contributed by atoms with E-state index >= 15 is 0 Å². The molecule has 0 aliphatic heterocycles. The van der Waals surface area contributed by atoms with E-state index in [1.165, 1.54) is 0 Å². The highest BCUT2D eigenvalue weighted by atomic mass is 35.5. The largest absolute Gasteiger partial charge is 0.396 e. The average molecular weight is 311 g/mol. The Hall–Kier alpha value is -1.59. The monoisotopic (exact) mass is 310 g/mol. The van der Waals surface area contributed by atoms with Crippen molar-refractivity contribution in [2.45, 2.75) is 25.3 Å². The van der Waals surface area contributed by atoms with Gasteiger partial charge in [0.25, 0.3) is 5.91 Å². The van der Waals surface area contributed by atoms with E-state index in [1.54, 1.807) is 24.3 Å². The number of nitrogens with one attached hydrogen (secondary N) is 2. The molecule has 6 heteroatoms. The van der Waals surface area contributed by atoms with Gasteiger partial charge >= 0.3 is 0 Å². The first kappa shape index (κ1) is 15.8. The molecule has 21 heavy (non-hydrogen) atoms. The summed E-state index contributed by atoms with van der Waals surface area (Å²) < 4.78 is 0. The standard InChI is InChI=1S/C15H19ClN2O3/c16-12-5-1-3-10(7-12)15(21)17-8-14(20)18-13-6-2-4-11(13)9-19/h1,3,5,7,11,13,19H,2,4,6,8-9H2,(H,17,21)(H,18,20). The first-order valence-electron chi connectivity index (χ1n) is 7.04. The highest BCUT2D eigenvalue weighted by molar-refractivity contribution is 6.30. The number of aliphatic hydroxyl groups is 1. The maximum atomic E-state index is 11.9. The smallest absolute Gasteiger partial charge is 0.251 e. The number of benzene rings is 1. The van der Waals surface area contributed by atoms with Crippen LogP contribution < -0.4 is 10.6 Å². The minimum atomic E-state index is -0.335. The second-order valence-electron chi connectivity index (χ2n) is 5.24. The third-order valence-corrected chi connectivity index (χ3v) is 3.97. The van der Waals surface area contributed by atoms with Crippen LogP contribution in [0, 0.1) is 5.92 Å². The normalized spacial score (nSPS) is 21.0. The van der Waals surface area contributed by atoms with Gasteiger partial charge in [0, 0.05) is 29.2 Å². The Labute approximate surface area is 128 Å². The summed E-state index contributed by atoms with van der Waals surface area (Å²) in [6.45, 7) is -0.000183. The van der Waals surface area contributed by atoms with Crippen molar-refractivity contribution in [3.63, 3.8) is 0 Å². The molecule has 0 radical (unpaired) electrons. The van der Waals surface area contributed by atoms with E-state index in [4.69, 9.17) is 11.6 Å². The molecular weight excluding hydrogens is 292 g/mol. The summed E-state index contributed by atoms with van der Waals surface area (Å²) in [6, 6.07) is 6.55. The van der Waals surface area contributed by atoms with Crippen LogP contribution in [0.25, 0.3) is 0 Å². The van der Waals surface area contributed by atoms with Crippen molar-refractivity contribution in [3.8, 4) is 0 Å². The summed E-state index contributed by atoms with van der Waals surface area (Å²) in [7, 11) is 0. The molecule has 1 aromatic rings. The van der Waals surface area contributed by atoms with Crippen molar-refractivity contribution >= 4 is 23.4 Å². The summed E-state index contributed by atoms with van der Waals surface area (Å²) in [5.74, 6) is -0.453. The zero-order valence-electron chi connectivity index (χ0n) is 11.6. The lowest BCUT2D eigenvalue weighted by Crippen LogP contribution is -2.44. The van der Waals surface area contributed by atoms with Gasteiger partial charge in [-0.05, 0) is 31.0 Å². The van der Waals surface area contributed by atoms with Gasteiger partial charge in [0.1, 0.15) is 0 Å². The minimum absolute atomic E-state index is 0.00516. The topological polar surface area (TPSA) is 78.4 Å². The highest BCUT2D eigenvalue weighted by Crippen LogP contribution is 2.24. The van der Waals surface area contributed by atoms with Crippen LogP contribution in [0.1, 0.15) is 29.6 Å². The molecule has 114 valence electrons. The molecule has 1 saturated carbocycles. The van der Waals surface area contributed by atoms with Crippen LogP contribution in [0.4, 0.5) is 0 Å². The zero-order chi connectivity index (χ0) is 15.2. The maximum absolute atomic E-state index is 11.9. The molecule has 3 N–H and O–H groups in total. The van der Waals surface area contributed by atoms with Gasteiger partial charge in [0.2, 0.25) is 5.91 Å². The summed E-state index contributed by atoms with van der Waals surface area (Å²) >= 11 is 5.81. The third kappa shape index (κ3) is 4.44. The fourth-order valence-electron chi connectivity index (χ4n) is 2.60. The van der Waals surface area contributed by atoms with E-state index in [0.29, 0.717) is 10.6 Å². The quantitative estimate of drug-likeness (QED) is 0.768. The molecule has 0 aromatic heterocycles. The Morgan fingerprint density at radius 2 is 2.14 bits per heavy atom. The van der Waals surface area contributed by atoms with Crippen molar-refractivity contribution in [3.05, 3.63) is 34.9 Å². The van der Waals surface area contributed by atoms with E-state index in [9.17, 15) is 14.7 Å². The number of halogens is 1. The summed E-state index contributed by atoms with van der Waals surface area (Å²) in [5, 5.41) is 15.1. The van der Waals surface area contributed by atoms with Gasteiger partial charge in [0.15, 0.2) is 0 Å². The van der Waals surface area contributed by atoms with Crippen LogP contribution in [0.5, 0.6) is 0 Å². The maximum Gasteiger partial charge on any atom is 0.251 e. The van der Waals surface area contributed by atoms with E-state index in [0.717, 1.165) is 19.3 Å². The van der Waals surface area contributed by atoms with E-state index in [2.05, 4.69) is 10.6 Å². The number of carbonyl (C=O) groups is 2. The van der Waals surface area contributed by atoms with E-state index in [-0.39, 0.29) is 36.9 Å². The van der Waals surface area contributed by atoms with Gasteiger partial charge in [0.05, 0.1) is 6.54 Å². The molecular formula is C15H19ClN2O3. The van der Waals surface area contributed by atoms with Crippen molar-refractivity contribution < 1.29 is 14.7 Å². The molecule has 1 fully saturated rings. The van der Waals surface area contributed by atoms with E-state index < -0.39 is 0 Å². The lowest BCUT2D eigenvalue weighted by molar-refractivity contribution is -0.121. The van der Waals surface area contributed by atoms with Gasteiger partial charge in [-0.15, -0.1) is 0 Å². The van der Waals surface area contributed by atoms with Crippen LogP contribution >= 0.6 is 11.6 Å². The van der Waals surface area contributed by atoms with Gasteiger partial charge in [-0.3, -0.25) is 9.59 Å². The lowest BCUT2D eigenvalue weighted by atomic mass is 10.1. The summed E-state index contributed by atoms with van der Waals surface area (Å²) in [5.41, 5.74) is 0.421. The Morgan fingerprint density at radius 3 is 2.86 bits per heavy atom. The molecule has 2 amide bonds. The predicted molar refractivity (Wildman–Crippen MR) is 80.1 cm³/mol. The Bertz CT molecular complexity index is 521. The fourth-order valence-corrected chi connectivity index (χ4v) is 2.79. The molecule has 5 nitrogen and oxygen atoms in total. The molecule has 2 unspecified atom stereocenters. The lowest BCUT2D eigenvalue weighted by Gasteiger charge is -2.19. The van der Waals surface area contributed by atoms with Crippen LogP contribution in [0.15, 0.2) is 24.3 Å². The molecule has 0 spiro atoms. The number of carbonyl (C=O) groups excluding carboxylic acids is 2. The second-order valence-corrected chi connectivity index (χ2v) is 5.68. The molecule has 0 bridgehead atoms. The predicted octanol–water partition coefficient (Wildman–Crippen LogP) is 1.35. The number of amides is 2. The molecule has 0 heterocycles. The molecule has 1 aliphatic carbocycles. The van der Waals surface area contributed by atoms with Gasteiger partial charge in [-0.25, -0.2) is 0 Å². The molecule has 2 rings (SSSR count). The Kier molecular flexibility index (Phi) is 5.59. The van der Waals surface area contributed by atoms with Crippen molar-refractivity contribution in [2.75, 3.05) is 13.2 Å². The van der Waals surface area contributed by atoms with Crippen molar-refractivity contribution in [2.24, 2.45) is 5.92 Å². The van der Waals surface area contributed by atoms with Gasteiger partial charge in [-0.2, -0.15) is 0 Å². The minimum Gasteiger partial charge on any atom is -0.396 e. The van der Waals surface area contributed by atoms with Crippen molar-refractivity contribution in [1.82, 2.24) is 10.6 Å². The fraction of sp³-hybridized carbons (Fsp3) is 0.467. The Morgan fingerprint density at radius 1 is 1.33 bits per heavy atom. The zero-order valence-corrected chi connectivity index (χ0v) is 12.4. The van der Waals surface area contributed by atoms with E-state index in [1.807, 2.05) is 0 Å². The van der Waals surface area contributed by atoms with Crippen LogP contribution in [-0.2, 0) is 4.79 Å². The van der Waals surface area contributed by atoms with Crippen LogP contribution in [-0.4, -0.2) is 36.1 Å². The average Bonchev–Trinajstić information content (AvgIpc) is 2.92. The number of rotatable bonds is 5.